The van der Waals surface area contributed by atoms with Gasteiger partial charge in [-0.1, -0.05) is 12.1 Å². The van der Waals surface area contributed by atoms with Crippen LogP contribution in [0.3, 0.4) is 0 Å². The second kappa shape index (κ2) is 7.04. The van der Waals surface area contributed by atoms with Crippen molar-refractivity contribution >= 4 is 6.21 Å². The number of nitrogens with one attached hydrogen (secondary N) is 1. The fourth-order valence-corrected chi connectivity index (χ4v) is 1.87. The highest BCUT2D eigenvalue weighted by molar-refractivity contribution is 5.83. The molecular formula is C16H15F3N2O2. The average molecular weight is 324 g/mol. The van der Waals surface area contributed by atoms with Crippen molar-refractivity contribution in [2.24, 2.45) is 5.10 Å². The molecule has 0 amide bonds. The van der Waals surface area contributed by atoms with E-state index in [-0.39, 0.29) is 12.3 Å². The van der Waals surface area contributed by atoms with Crippen LogP contribution in [0.25, 0.3) is 0 Å². The Balaban J connectivity index is 2.00. The minimum Gasteiger partial charge on any atom is -0.507 e. The standard InChI is InChI=1S/C16H15F3N2O2/c1-23-14-5-6-15(22)12(8-14)10-21-20-9-11-3-2-4-13(7-11)16(17,18)19/h2-8,10,20,22H,9H2,1H3/b21-10+. The number of ether oxygens (including phenoxy) is 1. The Bertz CT molecular complexity index is 700. The normalized spacial score (nSPS) is 11.7. The summed E-state index contributed by atoms with van der Waals surface area (Å²) >= 11 is 0. The first-order chi connectivity index (χ1) is 10.9. The lowest BCUT2D eigenvalue weighted by Crippen LogP contribution is -2.09. The highest BCUT2D eigenvalue weighted by Gasteiger charge is 2.30. The number of aromatic hydroxyl groups is 1. The van der Waals surface area contributed by atoms with Crippen LogP contribution in [0, 0.1) is 0 Å². The Morgan fingerprint density at radius 2 is 2.00 bits per heavy atom. The molecule has 0 fully saturated rings. The minimum atomic E-state index is -4.37. The van der Waals surface area contributed by atoms with Crippen LogP contribution >= 0.6 is 0 Å². The van der Waals surface area contributed by atoms with Gasteiger partial charge < -0.3 is 15.3 Å². The van der Waals surface area contributed by atoms with Gasteiger partial charge in [-0.15, -0.1) is 0 Å². The molecule has 0 aliphatic rings. The van der Waals surface area contributed by atoms with E-state index in [1.807, 2.05) is 0 Å². The van der Waals surface area contributed by atoms with Crippen LogP contribution in [0.15, 0.2) is 47.6 Å². The quantitative estimate of drug-likeness (QED) is 0.653. The van der Waals surface area contributed by atoms with Crippen molar-refractivity contribution in [3.05, 3.63) is 59.2 Å². The Kier molecular flexibility index (Phi) is 5.10. The number of alkyl halides is 3. The maximum Gasteiger partial charge on any atom is 0.416 e. The molecule has 23 heavy (non-hydrogen) atoms. The van der Waals surface area contributed by atoms with Crippen LogP contribution in [-0.2, 0) is 12.7 Å². The molecule has 0 aliphatic carbocycles. The summed E-state index contributed by atoms with van der Waals surface area (Å²) in [5, 5.41) is 13.6. The van der Waals surface area contributed by atoms with Crippen LogP contribution in [0.5, 0.6) is 11.5 Å². The number of hydrogen-bond donors (Lipinski definition) is 2. The lowest BCUT2D eigenvalue weighted by Gasteiger charge is -2.08. The van der Waals surface area contributed by atoms with E-state index >= 15 is 0 Å². The number of rotatable bonds is 5. The molecule has 0 aromatic heterocycles. The van der Waals surface area contributed by atoms with E-state index in [4.69, 9.17) is 4.74 Å². The van der Waals surface area contributed by atoms with Gasteiger partial charge in [-0.05, 0) is 35.9 Å². The molecule has 4 nitrogen and oxygen atoms in total. The second-order valence-electron chi connectivity index (χ2n) is 4.72. The number of hydrazone groups is 1. The zero-order chi connectivity index (χ0) is 16.9. The molecule has 0 atom stereocenters. The zero-order valence-corrected chi connectivity index (χ0v) is 12.3. The number of phenolic OH excluding ortho intramolecular Hbond substituents is 1. The first-order valence-corrected chi connectivity index (χ1v) is 6.69. The number of hydrogen-bond acceptors (Lipinski definition) is 4. The molecule has 2 aromatic rings. The number of halogens is 3. The summed E-state index contributed by atoms with van der Waals surface area (Å²) in [7, 11) is 1.50. The number of methoxy groups -OCH3 is 1. The summed E-state index contributed by atoms with van der Waals surface area (Å²) < 4.78 is 42.8. The third-order valence-electron chi connectivity index (χ3n) is 3.07. The molecular weight excluding hydrogens is 309 g/mol. The SMILES string of the molecule is COc1ccc(O)c(/C=N/NCc2cccc(C(F)(F)F)c2)c1. The average Bonchev–Trinajstić information content (AvgIpc) is 2.52. The molecule has 122 valence electrons. The van der Waals surface area contributed by atoms with Gasteiger partial charge >= 0.3 is 6.18 Å². The van der Waals surface area contributed by atoms with Crippen LogP contribution < -0.4 is 10.2 Å². The fourth-order valence-electron chi connectivity index (χ4n) is 1.87. The van der Waals surface area contributed by atoms with Crippen molar-refractivity contribution in [3.8, 4) is 11.5 Å². The van der Waals surface area contributed by atoms with Crippen molar-refractivity contribution < 1.29 is 23.0 Å². The van der Waals surface area contributed by atoms with Crippen LogP contribution in [0.1, 0.15) is 16.7 Å². The van der Waals surface area contributed by atoms with Crippen molar-refractivity contribution in [2.45, 2.75) is 12.7 Å². The highest BCUT2D eigenvalue weighted by Crippen LogP contribution is 2.29. The van der Waals surface area contributed by atoms with Crippen molar-refractivity contribution in [1.82, 2.24) is 5.43 Å². The van der Waals surface area contributed by atoms with Gasteiger partial charge in [0.2, 0.25) is 0 Å². The predicted octanol–water partition coefficient (Wildman–Crippen LogP) is 3.54. The topological polar surface area (TPSA) is 53.9 Å². The number of benzene rings is 2. The Labute approximate surface area is 131 Å². The monoisotopic (exact) mass is 324 g/mol. The molecule has 2 aromatic carbocycles. The van der Waals surface area contributed by atoms with Gasteiger partial charge in [0, 0.05) is 5.56 Å². The first-order valence-electron chi connectivity index (χ1n) is 6.69. The van der Waals surface area contributed by atoms with Gasteiger partial charge in [0.1, 0.15) is 11.5 Å². The van der Waals surface area contributed by atoms with E-state index in [0.717, 1.165) is 12.1 Å². The van der Waals surface area contributed by atoms with Gasteiger partial charge in [0.25, 0.3) is 0 Å². The zero-order valence-electron chi connectivity index (χ0n) is 12.3. The Morgan fingerprint density at radius 3 is 2.70 bits per heavy atom. The highest BCUT2D eigenvalue weighted by atomic mass is 19.4. The molecule has 0 heterocycles. The van der Waals surface area contributed by atoms with Crippen LogP contribution in [0.4, 0.5) is 13.2 Å². The number of phenols is 1. The molecule has 0 radical (unpaired) electrons. The summed E-state index contributed by atoms with van der Waals surface area (Å²) in [5.41, 5.74) is 2.82. The fraction of sp³-hybridized carbons (Fsp3) is 0.188. The summed E-state index contributed by atoms with van der Waals surface area (Å²) in [6.07, 6.45) is -3.00. The maximum absolute atomic E-state index is 12.6. The maximum atomic E-state index is 12.6. The van der Waals surface area contributed by atoms with Crippen molar-refractivity contribution in [3.63, 3.8) is 0 Å². The van der Waals surface area contributed by atoms with E-state index in [9.17, 15) is 18.3 Å². The largest absolute Gasteiger partial charge is 0.507 e. The van der Waals surface area contributed by atoms with Crippen molar-refractivity contribution in [1.29, 1.82) is 0 Å². The molecule has 0 saturated heterocycles. The molecule has 2 rings (SSSR count). The molecule has 0 aliphatic heterocycles. The Hall–Kier alpha value is -2.70. The third kappa shape index (κ3) is 4.64. The van der Waals surface area contributed by atoms with E-state index in [1.165, 1.54) is 25.5 Å². The first kappa shape index (κ1) is 16.7. The lowest BCUT2D eigenvalue weighted by atomic mass is 10.1. The van der Waals surface area contributed by atoms with Gasteiger partial charge in [-0.3, -0.25) is 0 Å². The predicted molar refractivity (Wildman–Crippen MR) is 80.5 cm³/mol. The van der Waals surface area contributed by atoms with Crippen LogP contribution in [-0.4, -0.2) is 18.4 Å². The molecule has 0 saturated carbocycles. The summed E-state index contributed by atoms with van der Waals surface area (Å²) in [6, 6.07) is 9.64. The van der Waals surface area contributed by atoms with E-state index in [2.05, 4.69) is 10.5 Å². The molecule has 7 heteroatoms. The van der Waals surface area contributed by atoms with E-state index in [0.29, 0.717) is 16.9 Å². The molecule has 2 N–H and O–H groups in total. The third-order valence-corrected chi connectivity index (χ3v) is 3.07. The molecule has 0 spiro atoms. The Morgan fingerprint density at radius 1 is 1.22 bits per heavy atom. The molecule has 0 unspecified atom stereocenters. The lowest BCUT2D eigenvalue weighted by molar-refractivity contribution is -0.137. The molecule has 0 bridgehead atoms. The second-order valence-corrected chi connectivity index (χ2v) is 4.72. The van der Waals surface area contributed by atoms with Crippen molar-refractivity contribution in [2.75, 3.05) is 7.11 Å². The summed E-state index contributed by atoms with van der Waals surface area (Å²) in [6.45, 7) is 0.130. The van der Waals surface area contributed by atoms with Gasteiger partial charge in [0.15, 0.2) is 0 Å². The van der Waals surface area contributed by atoms with Crippen LogP contribution in [0.2, 0.25) is 0 Å². The summed E-state index contributed by atoms with van der Waals surface area (Å²) in [4.78, 5) is 0. The van der Waals surface area contributed by atoms with E-state index < -0.39 is 11.7 Å². The minimum absolute atomic E-state index is 0.0235. The van der Waals surface area contributed by atoms with E-state index in [1.54, 1.807) is 18.2 Å². The summed E-state index contributed by atoms with van der Waals surface area (Å²) in [5.74, 6) is 0.581. The number of nitrogens with zero attached hydrogens (tertiary/aromatic N) is 1. The van der Waals surface area contributed by atoms with Gasteiger partial charge in [-0.2, -0.15) is 18.3 Å². The smallest absolute Gasteiger partial charge is 0.416 e. The van der Waals surface area contributed by atoms with Gasteiger partial charge in [-0.25, -0.2) is 0 Å². The van der Waals surface area contributed by atoms with Gasteiger partial charge in [0.05, 0.1) is 25.4 Å².